The highest BCUT2D eigenvalue weighted by molar-refractivity contribution is 5.08. The van der Waals surface area contributed by atoms with Gasteiger partial charge in [-0.3, -0.25) is 0 Å². The Kier molecular flexibility index (Phi) is 1.15. The van der Waals surface area contributed by atoms with Crippen LogP contribution < -0.4 is 5.73 Å². The average Bonchev–Trinajstić information content (AvgIpc) is 1.77. The maximum Gasteiger partial charge on any atom is 0.0559 e. The van der Waals surface area contributed by atoms with Crippen LogP contribution in [0.4, 0.5) is 0 Å². The molecule has 2 heteroatoms. The van der Waals surface area contributed by atoms with Crippen LogP contribution in [0.1, 0.15) is 26.2 Å². The molecule has 2 fully saturated rings. The molecular weight excluding hydrogens is 126 g/mol. The molecule has 2 N–H and O–H groups in total. The zero-order chi connectivity index (χ0) is 7.24. The molecule has 0 aromatic rings. The van der Waals surface area contributed by atoms with Crippen LogP contribution in [-0.2, 0) is 4.74 Å². The third-order valence-corrected chi connectivity index (χ3v) is 3.29. The van der Waals surface area contributed by atoms with Gasteiger partial charge in [0.05, 0.1) is 13.2 Å². The number of hydrogen-bond donors (Lipinski definition) is 1. The van der Waals surface area contributed by atoms with Gasteiger partial charge in [-0.1, -0.05) is 6.92 Å². The smallest absolute Gasteiger partial charge is 0.0559 e. The molecule has 0 bridgehead atoms. The van der Waals surface area contributed by atoms with E-state index < -0.39 is 0 Å². The van der Waals surface area contributed by atoms with Crippen LogP contribution in [-0.4, -0.2) is 18.8 Å². The minimum atomic E-state index is 0.130. The molecule has 1 aliphatic heterocycles. The summed E-state index contributed by atoms with van der Waals surface area (Å²) in [7, 11) is 0. The standard InChI is InChI=1S/C8H15NO/c1-7(5-10-6-7)8(9)3-2-4-8/h2-6,9H2,1H3. The van der Waals surface area contributed by atoms with Crippen molar-refractivity contribution in [3.63, 3.8) is 0 Å². The Bertz CT molecular complexity index is 129. The third-order valence-electron chi connectivity index (χ3n) is 3.29. The van der Waals surface area contributed by atoms with Crippen molar-refractivity contribution in [1.82, 2.24) is 0 Å². The number of ether oxygens (including phenoxy) is 1. The summed E-state index contributed by atoms with van der Waals surface area (Å²) in [6.07, 6.45) is 3.71. The lowest BCUT2D eigenvalue weighted by molar-refractivity contribution is -0.161. The van der Waals surface area contributed by atoms with Crippen LogP contribution in [0.15, 0.2) is 0 Å². The second-order valence-corrected chi connectivity index (χ2v) is 4.06. The predicted octanol–water partition coefficient (Wildman–Crippen LogP) is 0.904. The molecule has 0 spiro atoms. The number of rotatable bonds is 1. The van der Waals surface area contributed by atoms with E-state index in [1.165, 1.54) is 19.3 Å². The topological polar surface area (TPSA) is 35.2 Å². The summed E-state index contributed by atoms with van der Waals surface area (Å²) in [4.78, 5) is 0. The predicted molar refractivity (Wildman–Crippen MR) is 39.7 cm³/mol. The Morgan fingerprint density at radius 1 is 1.30 bits per heavy atom. The molecule has 1 aliphatic carbocycles. The summed E-state index contributed by atoms with van der Waals surface area (Å²) < 4.78 is 5.18. The van der Waals surface area contributed by atoms with E-state index in [-0.39, 0.29) is 5.54 Å². The van der Waals surface area contributed by atoms with Gasteiger partial charge in [-0.2, -0.15) is 0 Å². The largest absolute Gasteiger partial charge is 0.380 e. The molecule has 10 heavy (non-hydrogen) atoms. The van der Waals surface area contributed by atoms with Crippen molar-refractivity contribution < 1.29 is 4.74 Å². The van der Waals surface area contributed by atoms with Gasteiger partial charge in [0, 0.05) is 11.0 Å². The quantitative estimate of drug-likeness (QED) is 0.589. The van der Waals surface area contributed by atoms with Crippen LogP contribution in [0, 0.1) is 5.41 Å². The molecule has 0 unspecified atom stereocenters. The third kappa shape index (κ3) is 0.611. The second-order valence-electron chi connectivity index (χ2n) is 4.06. The Morgan fingerprint density at radius 3 is 2.00 bits per heavy atom. The van der Waals surface area contributed by atoms with Crippen LogP contribution in [0.2, 0.25) is 0 Å². The van der Waals surface area contributed by atoms with Crippen molar-refractivity contribution in [3.8, 4) is 0 Å². The number of nitrogens with two attached hydrogens (primary N) is 1. The van der Waals surface area contributed by atoms with Crippen molar-refractivity contribution in [2.75, 3.05) is 13.2 Å². The molecule has 0 atom stereocenters. The van der Waals surface area contributed by atoms with Gasteiger partial charge in [0.15, 0.2) is 0 Å². The highest BCUT2D eigenvalue weighted by Crippen LogP contribution is 2.47. The van der Waals surface area contributed by atoms with Crippen LogP contribution in [0.25, 0.3) is 0 Å². The Labute approximate surface area is 61.7 Å². The highest BCUT2D eigenvalue weighted by Gasteiger charge is 2.53. The Morgan fingerprint density at radius 2 is 1.90 bits per heavy atom. The molecule has 0 radical (unpaired) electrons. The summed E-state index contributed by atoms with van der Waals surface area (Å²) in [5, 5.41) is 0. The minimum Gasteiger partial charge on any atom is -0.380 e. The SMILES string of the molecule is CC1(C2(N)CCC2)COC1. The van der Waals surface area contributed by atoms with Crippen LogP contribution in [0.5, 0.6) is 0 Å². The fraction of sp³-hybridized carbons (Fsp3) is 1.00. The summed E-state index contributed by atoms with van der Waals surface area (Å²) in [5.41, 5.74) is 6.60. The molecule has 2 rings (SSSR count). The van der Waals surface area contributed by atoms with E-state index in [0.29, 0.717) is 5.41 Å². The normalized spacial score (nSPS) is 34.2. The summed E-state index contributed by atoms with van der Waals surface area (Å²) >= 11 is 0. The van der Waals surface area contributed by atoms with Crippen molar-refractivity contribution in [2.45, 2.75) is 31.7 Å². The van der Waals surface area contributed by atoms with Crippen LogP contribution in [0.3, 0.4) is 0 Å². The first-order valence-electron chi connectivity index (χ1n) is 4.03. The summed E-state index contributed by atoms with van der Waals surface area (Å²) in [5.74, 6) is 0. The molecule has 0 aromatic carbocycles. The van der Waals surface area contributed by atoms with E-state index in [4.69, 9.17) is 10.5 Å². The van der Waals surface area contributed by atoms with Gasteiger partial charge in [-0.25, -0.2) is 0 Å². The number of hydrogen-bond acceptors (Lipinski definition) is 2. The van der Waals surface area contributed by atoms with Gasteiger partial charge in [-0.05, 0) is 19.3 Å². The molecule has 1 saturated heterocycles. The Balaban J connectivity index is 2.08. The Hall–Kier alpha value is -0.0800. The zero-order valence-corrected chi connectivity index (χ0v) is 6.52. The second kappa shape index (κ2) is 1.74. The van der Waals surface area contributed by atoms with E-state index in [0.717, 1.165) is 13.2 Å². The first-order valence-corrected chi connectivity index (χ1v) is 4.03. The van der Waals surface area contributed by atoms with Crippen LogP contribution >= 0.6 is 0 Å². The molecule has 2 nitrogen and oxygen atoms in total. The van der Waals surface area contributed by atoms with Crippen molar-refractivity contribution >= 4 is 0 Å². The maximum atomic E-state index is 6.16. The van der Waals surface area contributed by atoms with Gasteiger partial charge < -0.3 is 10.5 Å². The van der Waals surface area contributed by atoms with E-state index in [1.54, 1.807) is 0 Å². The van der Waals surface area contributed by atoms with E-state index in [2.05, 4.69) is 6.92 Å². The van der Waals surface area contributed by atoms with Gasteiger partial charge in [0.2, 0.25) is 0 Å². The lowest BCUT2D eigenvalue weighted by Crippen LogP contribution is -2.66. The van der Waals surface area contributed by atoms with Gasteiger partial charge in [-0.15, -0.1) is 0 Å². The highest BCUT2D eigenvalue weighted by atomic mass is 16.5. The molecule has 0 amide bonds. The van der Waals surface area contributed by atoms with E-state index in [1.807, 2.05) is 0 Å². The van der Waals surface area contributed by atoms with Gasteiger partial charge in [0.1, 0.15) is 0 Å². The van der Waals surface area contributed by atoms with Crippen molar-refractivity contribution in [2.24, 2.45) is 11.1 Å². The summed E-state index contributed by atoms with van der Waals surface area (Å²) in [6.45, 7) is 4.00. The lowest BCUT2D eigenvalue weighted by Gasteiger charge is -2.56. The molecular formula is C8H15NO. The molecule has 2 aliphatic rings. The minimum absolute atomic E-state index is 0.130. The van der Waals surface area contributed by atoms with Gasteiger partial charge >= 0.3 is 0 Å². The van der Waals surface area contributed by atoms with E-state index in [9.17, 15) is 0 Å². The maximum absolute atomic E-state index is 6.16. The zero-order valence-electron chi connectivity index (χ0n) is 6.52. The molecule has 1 heterocycles. The summed E-state index contributed by atoms with van der Waals surface area (Å²) in [6, 6.07) is 0. The first kappa shape index (κ1) is 6.62. The van der Waals surface area contributed by atoms with Gasteiger partial charge in [0.25, 0.3) is 0 Å². The monoisotopic (exact) mass is 141 g/mol. The lowest BCUT2D eigenvalue weighted by atomic mass is 9.59. The average molecular weight is 141 g/mol. The van der Waals surface area contributed by atoms with Crippen molar-refractivity contribution in [3.05, 3.63) is 0 Å². The molecule has 0 aromatic heterocycles. The molecule has 1 saturated carbocycles. The van der Waals surface area contributed by atoms with E-state index >= 15 is 0 Å². The molecule has 58 valence electrons. The first-order chi connectivity index (χ1) is 4.66. The fourth-order valence-corrected chi connectivity index (χ4v) is 1.86. The fourth-order valence-electron chi connectivity index (χ4n) is 1.86. The van der Waals surface area contributed by atoms with Crippen molar-refractivity contribution in [1.29, 1.82) is 0 Å².